The van der Waals surface area contributed by atoms with Gasteiger partial charge in [0.25, 0.3) is 0 Å². The van der Waals surface area contributed by atoms with E-state index >= 15 is 0 Å². The Balaban J connectivity index is 2.60. The van der Waals surface area contributed by atoms with Gasteiger partial charge in [-0.2, -0.15) is 0 Å². The Hall–Kier alpha value is -0.590. The van der Waals surface area contributed by atoms with E-state index in [-0.39, 0.29) is 0 Å². The van der Waals surface area contributed by atoms with Crippen LogP contribution in [0.3, 0.4) is 0 Å². The van der Waals surface area contributed by atoms with Crippen molar-refractivity contribution in [1.82, 2.24) is 0 Å². The van der Waals surface area contributed by atoms with E-state index in [1.165, 1.54) is 6.42 Å². The molecule has 0 aliphatic heterocycles. The molecule has 1 rings (SSSR count). The zero-order valence-electron chi connectivity index (χ0n) is 5.81. The van der Waals surface area contributed by atoms with Gasteiger partial charge < -0.3 is 0 Å². The molecule has 0 aromatic heterocycles. The fourth-order valence-corrected chi connectivity index (χ4v) is 1.21. The predicted molar refractivity (Wildman–Crippen MR) is 37.2 cm³/mol. The second kappa shape index (κ2) is 2.81. The molecule has 0 saturated heterocycles. The predicted octanol–water partition coefficient (Wildman–Crippen LogP) is 2.08. The smallest absolute Gasteiger partial charge is 0.158 e. The van der Waals surface area contributed by atoms with Crippen molar-refractivity contribution in [2.45, 2.75) is 32.6 Å². The number of Topliss-reactive ketones (excluding diaryl/α,β-unsaturated/α-hetero) is 1. The molecule has 1 aliphatic rings. The molecule has 0 N–H and O–H groups in total. The first kappa shape index (κ1) is 6.53. The normalized spacial score (nSPS) is 25.0. The average molecular weight is 124 g/mol. The summed E-state index contributed by atoms with van der Waals surface area (Å²) in [5, 5.41) is 0. The van der Waals surface area contributed by atoms with E-state index in [1.54, 1.807) is 0 Å². The lowest BCUT2D eigenvalue weighted by molar-refractivity contribution is -0.116. The van der Waals surface area contributed by atoms with Crippen molar-refractivity contribution in [3.8, 4) is 0 Å². The third kappa shape index (κ3) is 1.41. The maximum Gasteiger partial charge on any atom is 0.158 e. The van der Waals surface area contributed by atoms with E-state index in [9.17, 15) is 4.79 Å². The fourth-order valence-electron chi connectivity index (χ4n) is 1.21. The highest BCUT2D eigenvalue weighted by molar-refractivity contribution is 5.95. The molecule has 1 aliphatic carbocycles. The summed E-state index contributed by atoms with van der Waals surface area (Å²) in [5.41, 5.74) is 1.04. The Morgan fingerprint density at radius 1 is 1.33 bits per heavy atom. The zero-order valence-corrected chi connectivity index (χ0v) is 5.81. The highest BCUT2D eigenvalue weighted by Gasteiger charge is 2.12. The van der Waals surface area contributed by atoms with Gasteiger partial charge in [0.2, 0.25) is 0 Å². The van der Waals surface area contributed by atoms with Gasteiger partial charge in [-0.1, -0.05) is 6.08 Å². The SMILES string of the molecule is CC=C1CCCCC1=O. The fraction of sp³-hybridized carbons (Fsp3) is 0.625. The first-order valence-electron chi connectivity index (χ1n) is 3.53. The van der Waals surface area contributed by atoms with Crippen molar-refractivity contribution in [3.05, 3.63) is 11.6 Å². The lowest BCUT2D eigenvalue weighted by Gasteiger charge is -2.10. The molecule has 0 atom stereocenters. The molecule has 1 heteroatoms. The Morgan fingerprint density at radius 2 is 2.00 bits per heavy atom. The Kier molecular flexibility index (Phi) is 2.04. The number of ketones is 1. The lowest BCUT2D eigenvalue weighted by atomic mass is 9.94. The van der Waals surface area contributed by atoms with Crippen LogP contribution in [0.15, 0.2) is 11.6 Å². The van der Waals surface area contributed by atoms with Crippen molar-refractivity contribution in [3.63, 3.8) is 0 Å². The molecule has 1 saturated carbocycles. The third-order valence-electron chi connectivity index (χ3n) is 1.81. The van der Waals surface area contributed by atoms with Crippen LogP contribution in [0.4, 0.5) is 0 Å². The van der Waals surface area contributed by atoms with Crippen molar-refractivity contribution in [1.29, 1.82) is 0 Å². The van der Waals surface area contributed by atoms with Crippen LogP contribution in [-0.2, 0) is 4.79 Å². The minimum atomic E-state index is 0.365. The summed E-state index contributed by atoms with van der Waals surface area (Å²) in [6.45, 7) is 1.94. The number of allylic oxidation sites excluding steroid dienone is 2. The van der Waals surface area contributed by atoms with Crippen molar-refractivity contribution in [2.75, 3.05) is 0 Å². The van der Waals surface area contributed by atoms with Crippen LogP contribution in [0, 0.1) is 0 Å². The van der Waals surface area contributed by atoms with Crippen molar-refractivity contribution >= 4 is 5.78 Å². The van der Waals surface area contributed by atoms with Gasteiger partial charge in [-0.3, -0.25) is 4.79 Å². The minimum Gasteiger partial charge on any atom is -0.295 e. The summed E-state index contributed by atoms with van der Waals surface area (Å²) in [6.07, 6.45) is 6.03. The number of hydrogen-bond acceptors (Lipinski definition) is 1. The van der Waals surface area contributed by atoms with Crippen LogP contribution in [0.1, 0.15) is 32.6 Å². The number of carbonyl (C=O) groups is 1. The van der Waals surface area contributed by atoms with E-state index in [1.807, 2.05) is 13.0 Å². The summed E-state index contributed by atoms with van der Waals surface area (Å²) in [5.74, 6) is 0.365. The Morgan fingerprint density at radius 3 is 2.44 bits per heavy atom. The molecule has 0 aromatic carbocycles. The Labute approximate surface area is 55.8 Å². The van der Waals surface area contributed by atoms with Gasteiger partial charge in [0, 0.05) is 6.42 Å². The number of rotatable bonds is 0. The van der Waals surface area contributed by atoms with Crippen LogP contribution >= 0.6 is 0 Å². The zero-order chi connectivity index (χ0) is 6.69. The number of carbonyl (C=O) groups excluding carboxylic acids is 1. The van der Waals surface area contributed by atoms with Crippen molar-refractivity contribution in [2.24, 2.45) is 0 Å². The lowest BCUT2D eigenvalue weighted by Crippen LogP contribution is -2.07. The van der Waals surface area contributed by atoms with Crippen LogP contribution in [0.25, 0.3) is 0 Å². The maximum atomic E-state index is 11.0. The van der Waals surface area contributed by atoms with E-state index in [0.717, 1.165) is 24.8 Å². The average Bonchev–Trinajstić information content (AvgIpc) is 1.89. The van der Waals surface area contributed by atoms with E-state index in [4.69, 9.17) is 0 Å². The van der Waals surface area contributed by atoms with Gasteiger partial charge >= 0.3 is 0 Å². The highest BCUT2D eigenvalue weighted by Crippen LogP contribution is 2.18. The van der Waals surface area contributed by atoms with Gasteiger partial charge in [-0.05, 0) is 31.8 Å². The standard InChI is InChI=1S/C8H12O/c1-2-7-5-3-4-6-8(7)9/h2H,3-6H2,1H3. The maximum absolute atomic E-state index is 11.0. The molecule has 0 unspecified atom stereocenters. The second-order valence-corrected chi connectivity index (χ2v) is 2.44. The minimum absolute atomic E-state index is 0.365. The molecule has 0 spiro atoms. The molecule has 0 amide bonds. The van der Waals surface area contributed by atoms with E-state index < -0.39 is 0 Å². The molecule has 1 nitrogen and oxygen atoms in total. The molecule has 9 heavy (non-hydrogen) atoms. The first-order chi connectivity index (χ1) is 4.34. The molecular weight excluding hydrogens is 112 g/mol. The molecule has 50 valence electrons. The Bertz CT molecular complexity index is 145. The summed E-state index contributed by atoms with van der Waals surface area (Å²) >= 11 is 0. The van der Waals surface area contributed by atoms with Crippen LogP contribution in [0.2, 0.25) is 0 Å². The molecule has 1 fully saturated rings. The second-order valence-electron chi connectivity index (χ2n) is 2.44. The molecular formula is C8H12O. The molecule has 0 bridgehead atoms. The van der Waals surface area contributed by atoms with E-state index in [0.29, 0.717) is 5.78 Å². The van der Waals surface area contributed by atoms with Gasteiger partial charge in [0.15, 0.2) is 5.78 Å². The third-order valence-corrected chi connectivity index (χ3v) is 1.81. The van der Waals surface area contributed by atoms with Crippen LogP contribution in [0.5, 0.6) is 0 Å². The quantitative estimate of drug-likeness (QED) is 0.452. The van der Waals surface area contributed by atoms with Gasteiger partial charge in [0.1, 0.15) is 0 Å². The molecule has 0 aromatic rings. The van der Waals surface area contributed by atoms with Crippen LogP contribution in [-0.4, -0.2) is 5.78 Å². The van der Waals surface area contributed by atoms with Gasteiger partial charge in [-0.15, -0.1) is 0 Å². The monoisotopic (exact) mass is 124 g/mol. The van der Waals surface area contributed by atoms with Gasteiger partial charge in [-0.25, -0.2) is 0 Å². The largest absolute Gasteiger partial charge is 0.295 e. The topological polar surface area (TPSA) is 17.1 Å². The van der Waals surface area contributed by atoms with Gasteiger partial charge in [0.05, 0.1) is 0 Å². The van der Waals surface area contributed by atoms with Crippen molar-refractivity contribution < 1.29 is 4.79 Å². The summed E-state index contributed by atoms with van der Waals surface area (Å²) in [4.78, 5) is 11.0. The highest BCUT2D eigenvalue weighted by atomic mass is 16.1. The molecule has 0 radical (unpaired) electrons. The van der Waals surface area contributed by atoms with E-state index in [2.05, 4.69) is 0 Å². The van der Waals surface area contributed by atoms with Crippen LogP contribution < -0.4 is 0 Å². The first-order valence-corrected chi connectivity index (χ1v) is 3.53. The number of hydrogen-bond donors (Lipinski definition) is 0. The molecule has 0 heterocycles. The summed E-state index contributed by atoms with van der Waals surface area (Å²) in [7, 11) is 0. The summed E-state index contributed by atoms with van der Waals surface area (Å²) < 4.78 is 0. The summed E-state index contributed by atoms with van der Waals surface area (Å²) in [6, 6.07) is 0.